The van der Waals surface area contributed by atoms with E-state index in [9.17, 15) is 9.90 Å². The molecule has 0 aliphatic heterocycles. The van der Waals surface area contributed by atoms with Crippen molar-refractivity contribution in [3.05, 3.63) is 92.8 Å². The van der Waals surface area contributed by atoms with Crippen molar-refractivity contribution in [2.24, 2.45) is 0 Å². The first-order valence-corrected chi connectivity index (χ1v) is 11.9. The molecule has 3 aromatic carbocycles. The number of H-pyrrole nitrogens is 1. The number of para-hydroxylation sites is 1. The largest absolute Gasteiger partial charge is 0.496 e. The molecule has 0 saturated carbocycles. The monoisotopic (exact) mass is 527 g/mol. The first-order valence-electron chi connectivity index (χ1n) is 10.3. The molecule has 0 fully saturated rings. The van der Waals surface area contributed by atoms with E-state index in [4.69, 9.17) is 32.7 Å². The molecule has 1 heterocycles. The Morgan fingerprint density at radius 3 is 2.63 bits per heavy atom. The lowest BCUT2D eigenvalue weighted by Crippen LogP contribution is -2.00. The standard InChI is InChI=1S/C25H19Cl2N3O4S/c1-33-21-10-9-18(27)13-19(21)23-28-25(30-29-23)35-22(24(31)32)12-16-6-2-3-8-20(16)34-14-15-5-4-7-17(26)11-15/h2-13H,14H2,1H3,(H,31,32)(H,28,29,30)/b22-12-. The zero-order valence-electron chi connectivity index (χ0n) is 18.4. The molecule has 0 radical (unpaired) electrons. The van der Waals surface area contributed by atoms with E-state index in [1.165, 1.54) is 13.2 Å². The van der Waals surface area contributed by atoms with E-state index in [1.54, 1.807) is 42.5 Å². The summed E-state index contributed by atoms with van der Waals surface area (Å²) in [6.45, 7) is 0.284. The topological polar surface area (TPSA) is 97.3 Å². The predicted octanol–water partition coefficient (Wildman–Crippen LogP) is 6.58. The van der Waals surface area contributed by atoms with Gasteiger partial charge in [-0.1, -0.05) is 53.5 Å². The number of ether oxygens (including phenoxy) is 2. The van der Waals surface area contributed by atoms with E-state index in [0.29, 0.717) is 38.5 Å². The minimum atomic E-state index is -1.12. The van der Waals surface area contributed by atoms with Gasteiger partial charge in [-0.05, 0) is 59.8 Å². The van der Waals surface area contributed by atoms with Crippen molar-refractivity contribution in [3.8, 4) is 22.9 Å². The first kappa shape index (κ1) is 24.7. The van der Waals surface area contributed by atoms with Crippen LogP contribution >= 0.6 is 35.0 Å². The number of aliphatic carboxylic acids is 1. The van der Waals surface area contributed by atoms with E-state index in [0.717, 1.165) is 17.3 Å². The summed E-state index contributed by atoms with van der Waals surface area (Å²) < 4.78 is 11.3. The summed E-state index contributed by atoms with van der Waals surface area (Å²) in [6, 6.07) is 19.6. The van der Waals surface area contributed by atoms with Crippen LogP contribution in [0.2, 0.25) is 10.0 Å². The van der Waals surface area contributed by atoms with Gasteiger partial charge in [-0.3, -0.25) is 5.10 Å². The van der Waals surface area contributed by atoms with Crippen LogP contribution in [0.1, 0.15) is 11.1 Å². The van der Waals surface area contributed by atoms with Crippen molar-refractivity contribution in [2.45, 2.75) is 11.8 Å². The molecular formula is C25H19Cl2N3O4S. The molecule has 4 aromatic rings. The highest BCUT2D eigenvalue weighted by Gasteiger charge is 2.17. The maximum atomic E-state index is 12.0. The van der Waals surface area contributed by atoms with Crippen LogP contribution in [0, 0.1) is 0 Å². The van der Waals surface area contributed by atoms with Crippen LogP contribution in [0.3, 0.4) is 0 Å². The molecule has 1 aromatic heterocycles. The second kappa shape index (κ2) is 11.3. The zero-order valence-corrected chi connectivity index (χ0v) is 20.7. The Kier molecular flexibility index (Phi) is 7.97. The number of carboxylic acid groups (broad SMARTS) is 1. The smallest absolute Gasteiger partial charge is 0.342 e. The second-order valence-electron chi connectivity index (χ2n) is 7.18. The number of aromatic amines is 1. The quantitative estimate of drug-likeness (QED) is 0.187. The number of hydrogen-bond donors (Lipinski definition) is 2. The number of carbonyl (C=O) groups is 1. The predicted molar refractivity (Wildman–Crippen MR) is 137 cm³/mol. The lowest BCUT2D eigenvalue weighted by atomic mass is 10.2. The molecule has 0 bridgehead atoms. The minimum Gasteiger partial charge on any atom is -0.496 e. The molecule has 0 atom stereocenters. The molecule has 0 aliphatic carbocycles. The Morgan fingerprint density at radius 2 is 1.86 bits per heavy atom. The van der Waals surface area contributed by atoms with Crippen LogP contribution in [0.25, 0.3) is 17.5 Å². The summed E-state index contributed by atoms with van der Waals surface area (Å²) in [5.74, 6) is 0.376. The number of rotatable bonds is 9. The normalized spacial score (nSPS) is 11.3. The maximum Gasteiger partial charge on any atom is 0.342 e. The fourth-order valence-electron chi connectivity index (χ4n) is 3.17. The van der Waals surface area contributed by atoms with E-state index in [2.05, 4.69) is 15.2 Å². The number of aromatic nitrogens is 3. The van der Waals surface area contributed by atoms with Crippen LogP contribution in [0.15, 0.2) is 76.8 Å². The molecule has 4 rings (SSSR count). The summed E-state index contributed by atoms with van der Waals surface area (Å²) in [5.41, 5.74) is 2.11. The number of nitrogens with one attached hydrogen (secondary N) is 1. The highest BCUT2D eigenvalue weighted by atomic mass is 35.5. The van der Waals surface area contributed by atoms with Crippen molar-refractivity contribution in [1.82, 2.24) is 15.2 Å². The van der Waals surface area contributed by atoms with E-state index >= 15 is 0 Å². The molecule has 35 heavy (non-hydrogen) atoms. The average molecular weight is 528 g/mol. The Morgan fingerprint density at radius 1 is 1.06 bits per heavy atom. The van der Waals surface area contributed by atoms with Crippen LogP contribution in [0.5, 0.6) is 11.5 Å². The zero-order chi connectivity index (χ0) is 24.8. The fraction of sp³-hybridized carbons (Fsp3) is 0.0800. The van der Waals surface area contributed by atoms with Gasteiger partial charge in [0.15, 0.2) is 5.82 Å². The van der Waals surface area contributed by atoms with Gasteiger partial charge in [0, 0.05) is 15.6 Å². The van der Waals surface area contributed by atoms with Crippen molar-refractivity contribution < 1.29 is 19.4 Å². The van der Waals surface area contributed by atoms with Gasteiger partial charge in [-0.15, -0.1) is 5.10 Å². The molecule has 0 amide bonds. The van der Waals surface area contributed by atoms with Gasteiger partial charge in [-0.25, -0.2) is 9.78 Å². The third-order valence-electron chi connectivity index (χ3n) is 4.78. The van der Waals surface area contributed by atoms with Crippen LogP contribution in [-0.4, -0.2) is 33.4 Å². The number of hydrogen-bond acceptors (Lipinski definition) is 6. The Hall–Kier alpha value is -3.46. The molecule has 178 valence electrons. The third-order valence-corrected chi connectivity index (χ3v) is 6.13. The number of benzene rings is 3. The van der Waals surface area contributed by atoms with E-state index in [-0.39, 0.29) is 16.7 Å². The Bertz CT molecular complexity index is 1390. The molecule has 0 aliphatic rings. The molecule has 10 heteroatoms. The molecule has 2 N–H and O–H groups in total. The van der Waals surface area contributed by atoms with Gasteiger partial charge >= 0.3 is 5.97 Å². The van der Waals surface area contributed by atoms with Gasteiger partial charge in [0.05, 0.1) is 12.7 Å². The van der Waals surface area contributed by atoms with Crippen molar-refractivity contribution >= 4 is 47.0 Å². The lowest BCUT2D eigenvalue weighted by molar-refractivity contribution is -0.131. The number of nitrogens with zero attached hydrogens (tertiary/aromatic N) is 2. The van der Waals surface area contributed by atoms with Crippen molar-refractivity contribution in [1.29, 1.82) is 0 Å². The van der Waals surface area contributed by atoms with E-state index in [1.807, 2.05) is 24.3 Å². The van der Waals surface area contributed by atoms with E-state index < -0.39 is 5.97 Å². The number of methoxy groups -OCH3 is 1. The molecule has 7 nitrogen and oxygen atoms in total. The van der Waals surface area contributed by atoms with Gasteiger partial charge < -0.3 is 14.6 Å². The molecule has 0 saturated heterocycles. The van der Waals surface area contributed by atoms with Gasteiger partial charge in [0.1, 0.15) is 23.0 Å². The summed E-state index contributed by atoms with van der Waals surface area (Å²) in [4.78, 5) is 16.4. The fourth-order valence-corrected chi connectivity index (χ4v) is 4.25. The number of carboxylic acids is 1. The maximum absolute atomic E-state index is 12.0. The number of halogens is 2. The third kappa shape index (κ3) is 6.36. The second-order valence-corrected chi connectivity index (χ2v) is 9.07. The molecule has 0 spiro atoms. The van der Waals surface area contributed by atoms with Crippen molar-refractivity contribution in [2.75, 3.05) is 7.11 Å². The highest BCUT2D eigenvalue weighted by Crippen LogP contribution is 2.33. The van der Waals surface area contributed by atoms with Gasteiger partial charge in [-0.2, -0.15) is 0 Å². The minimum absolute atomic E-state index is 0.0208. The van der Waals surface area contributed by atoms with Gasteiger partial charge in [0.25, 0.3) is 0 Å². The van der Waals surface area contributed by atoms with Crippen molar-refractivity contribution in [3.63, 3.8) is 0 Å². The Labute approximate surface area is 215 Å². The van der Waals surface area contributed by atoms with Crippen LogP contribution in [0.4, 0.5) is 0 Å². The van der Waals surface area contributed by atoms with Crippen LogP contribution in [-0.2, 0) is 11.4 Å². The SMILES string of the molecule is COc1ccc(Cl)cc1-c1nc(S/C(=C\c2ccccc2OCc2cccc(Cl)c2)C(=O)O)n[nH]1. The lowest BCUT2D eigenvalue weighted by Gasteiger charge is -2.10. The van der Waals surface area contributed by atoms with Gasteiger partial charge in [0.2, 0.25) is 5.16 Å². The summed E-state index contributed by atoms with van der Waals surface area (Å²) >= 11 is 13.1. The number of thioether (sulfide) groups is 1. The highest BCUT2D eigenvalue weighted by molar-refractivity contribution is 8.04. The first-order chi connectivity index (χ1) is 16.9. The summed E-state index contributed by atoms with van der Waals surface area (Å²) in [5, 5.41) is 18.1. The molecule has 0 unspecified atom stereocenters. The van der Waals surface area contributed by atoms with Crippen LogP contribution < -0.4 is 9.47 Å². The molecular weight excluding hydrogens is 509 g/mol. The average Bonchev–Trinajstić information content (AvgIpc) is 3.31. The Balaban J connectivity index is 1.57. The summed E-state index contributed by atoms with van der Waals surface area (Å²) in [7, 11) is 1.54. The summed E-state index contributed by atoms with van der Waals surface area (Å²) in [6.07, 6.45) is 1.52.